The largest absolute Gasteiger partial charge is 0.488 e. The van der Waals surface area contributed by atoms with Crippen molar-refractivity contribution in [3.05, 3.63) is 113 Å². The summed E-state index contributed by atoms with van der Waals surface area (Å²) in [5, 5.41) is 9.52. The fourth-order valence-electron chi connectivity index (χ4n) is 4.72. The molecule has 50 heavy (non-hydrogen) atoms. The van der Waals surface area contributed by atoms with Crippen molar-refractivity contribution in [2.24, 2.45) is 0 Å². The van der Waals surface area contributed by atoms with E-state index in [1.54, 1.807) is 0 Å². The predicted octanol–water partition coefficient (Wildman–Crippen LogP) is 5.85. The maximum atomic E-state index is 14.9. The normalized spacial score (nSPS) is 13.4. The lowest BCUT2D eigenvalue weighted by Gasteiger charge is -2.29. The molecule has 0 atom stereocenters. The maximum Gasteiger partial charge on any atom is 0.416 e. The highest BCUT2D eigenvalue weighted by Crippen LogP contribution is 2.38. The lowest BCUT2D eigenvalue weighted by Crippen LogP contribution is -2.43. The van der Waals surface area contributed by atoms with Crippen molar-refractivity contribution in [3.63, 3.8) is 0 Å². The van der Waals surface area contributed by atoms with Gasteiger partial charge in [-0.05, 0) is 48.7 Å². The summed E-state index contributed by atoms with van der Waals surface area (Å²) >= 11 is 0. The molecule has 4 aromatic rings. The number of amides is 1. The highest BCUT2D eigenvalue weighted by molar-refractivity contribution is 7.89. The molecule has 1 amide bonds. The van der Waals surface area contributed by atoms with Gasteiger partial charge in [0.15, 0.2) is 28.2 Å². The Morgan fingerprint density at radius 1 is 0.860 bits per heavy atom. The van der Waals surface area contributed by atoms with Crippen LogP contribution >= 0.6 is 0 Å². The summed E-state index contributed by atoms with van der Waals surface area (Å²) in [5.74, 6) is -16.6. The van der Waals surface area contributed by atoms with Gasteiger partial charge in [-0.3, -0.25) is 4.79 Å². The molecule has 19 heteroatoms. The number of anilines is 1. The Hall–Kier alpha value is -5.17. The van der Waals surface area contributed by atoms with Gasteiger partial charge in [0.05, 0.1) is 36.0 Å². The number of alkyl halides is 3. The minimum atomic E-state index is -6.02. The van der Waals surface area contributed by atoms with Gasteiger partial charge >= 0.3 is 12.1 Å². The molecule has 0 spiro atoms. The molecule has 1 aromatic heterocycles. The molecule has 1 aliphatic rings. The molecule has 5 rings (SSSR count). The number of aromatic nitrogens is 2. The summed E-state index contributed by atoms with van der Waals surface area (Å²) in [5.41, 5.74) is -2.75. The number of hydrogen-bond donors (Lipinski definition) is 1. The van der Waals surface area contributed by atoms with Crippen LogP contribution in [0.15, 0.2) is 65.8 Å². The van der Waals surface area contributed by atoms with Crippen LogP contribution < -0.4 is 9.64 Å². The van der Waals surface area contributed by atoms with E-state index in [-0.39, 0.29) is 27.1 Å². The molecule has 1 heterocycles. The van der Waals surface area contributed by atoms with Crippen molar-refractivity contribution in [2.75, 3.05) is 11.4 Å². The quantitative estimate of drug-likeness (QED) is 0.109. The van der Waals surface area contributed by atoms with Crippen LogP contribution in [0.4, 0.5) is 40.8 Å². The van der Waals surface area contributed by atoms with Crippen LogP contribution in [-0.4, -0.2) is 52.3 Å². The van der Waals surface area contributed by atoms with Gasteiger partial charge in [0, 0.05) is 18.9 Å². The van der Waals surface area contributed by atoms with E-state index in [1.165, 1.54) is 18.5 Å². The van der Waals surface area contributed by atoms with Crippen molar-refractivity contribution in [3.8, 4) is 5.75 Å². The van der Waals surface area contributed by atoms with Gasteiger partial charge in [-0.1, -0.05) is 18.2 Å². The van der Waals surface area contributed by atoms with Gasteiger partial charge in [-0.2, -0.15) is 17.5 Å². The van der Waals surface area contributed by atoms with Crippen LogP contribution in [0.1, 0.15) is 40.2 Å². The zero-order valence-electron chi connectivity index (χ0n) is 25.1. The van der Waals surface area contributed by atoms with Crippen molar-refractivity contribution < 1.29 is 63.0 Å². The molecule has 1 saturated carbocycles. The molecule has 10 nitrogen and oxygen atoms in total. The molecular weight excluding hydrogens is 708 g/mol. The van der Waals surface area contributed by atoms with Crippen molar-refractivity contribution in [2.45, 2.75) is 43.1 Å². The van der Waals surface area contributed by atoms with E-state index in [0.29, 0.717) is 18.9 Å². The SMILES string of the molecule is O=C(O)c1ccc(N(Cc2ncccn2)C(=O)CN(Cc2ccccc2C(F)(F)F)S(=O)(=O)c2c(F)c(F)c(F)c(F)c2F)c(OC2CC2)c1. The third-order valence-corrected chi connectivity index (χ3v) is 9.10. The molecule has 0 unspecified atom stereocenters. The van der Waals surface area contributed by atoms with Crippen LogP contribution in [0.25, 0.3) is 0 Å². The molecule has 1 fully saturated rings. The smallest absolute Gasteiger partial charge is 0.416 e. The van der Waals surface area contributed by atoms with Crippen LogP contribution in [0.2, 0.25) is 0 Å². The molecule has 1 aliphatic carbocycles. The number of rotatable bonds is 12. The number of ether oxygens (including phenoxy) is 1. The van der Waals surface area contributed by atoms with E-state index in [2.05, 4.69) is 9.97 Å². The number of carboxylic acids is 1. The zero-order chi connectivity index (χ0) is 36.5. The second kappa shape index (κ2) is 14.0. The first-order valence-electron chi connectivity index (χ1n) is 14.3. The summed E-state index contributed by atoms with van der Waals surface area (Å²) in [4.78, 5) is 32.2. The van der Waals surface area contributed by atoms with E-state index in [0.717, 1.165) is 41.3 Å². The Labute approximate surface area is 277 Å². The number of sulfonamides is 1. The van der Waals surface area contributed by atoms with Gasteiger partial charge in [0.1, 0.15) is 11.6 Å². The van der Waals surface area contributed by atoms with Gasteiger partial charge in [-0.15, -0.1) is 0 Å². The average Bonchev–Trinajstić information content (AvgIpc) is 3.89. The van der Waals surface area contributed by atoms with E-state index in [1.807, 2.05) is 0 Å². The number of carboxylic acid groups (broad SMARTS) is 1. The maximum absolute atomic E-state index is 14.9. The zero-order valence-corrected chi connectivity index (χ0v) is 25.9. The first-order chi connectivity index (χ1) is 23.5. The fourth-order valence-corrected chi connectivity index (χ4v) is 6.20. The number of carbonyl (C=O) groups excluding carboxylic acids is 1. The Morgan fingerprint density at radius 2 is 1.46 bits per heavy atom. The lowest BCUT2D eigenvalue weighted by molar-refractivity contribution is -0.138. The highest BCUT2D eigenvalue weighted by Gasteiger charge is 2.41. The standard InChI is InChI=1S/C31H22F8N4O6S/c32-24-25(33)27(35)29(28(36)26(24)34)50(47,48)42(13-17-4-1-2-5-19(17)31(37,38)39)15-23(44)43(14-22-40-10-3-11-41-22)20-9-6-16(30(45)46)12-21(20)49-18-7-8-18/h1-6,9-12,18H,7-8,13-15H2,(H,45,46). The Bertz CT molecular complexity index is 2040. The molecule has 0 saturated heterocycles. The Kier molecular flexibility index (Phi) is 10.1. The van der Waals surface area contributed by atoms with Gasteiger partial charge < -0.3 is 14.7 Å². The van der Waals surface area contributed by atoms with Crippen molar-refractivity contribution in [1.29, 1.82) is 0 Å². The fraction of sp³-hybridized carbons (Fsp3) is 0.226. The third-order valence-electron chi connectivity index (χ3n) is 7.28. The molecule has 264 valence electrons. The van der Waals surface area contributed by atoms with E-state index in [4.69, 9.17) is 4.74 Å². The van der Waals surface area contributed by atoms with E-state index < -0.39 is 98.9 Å². The van der Waals surface area contributed by atoms with Gasteiger partial charge in [0.2, 0.25) is 21.7 Å². The predicted molar refractivity (Wildman–Crippen MR) is 156 cm³/mol. The second-order valence-corrected chi connectivity index (χ2v) is 12.7. The number of hydrogen-bond acceptors (Lipinski definition) is 7. The first kappa shape index (κ1) is 36.1. The average molecular weight is 731 g/mol. The summed E-state index contributed by atoms with van der Waals surface area (Å²) in [6, 6.07) is 7.99. The number of benzene rings is 3. The third kappa shape index (κ3) is 7.52. The lowest BCUT2D eigenvalue weighted by atomic mass is 10.1. The molecule has 0 bridgehead atoms. The van der Waals surface area contributed by atoms with Gasteiger partial charge in [-0.25, -0.2) is 45.1 Å². The molecular formula is C31H22F8N4O6S. The second-order valence-electron chi connectivity index (χ2n) is 10.8. The first-order valence-corrected chi connectivity index (χ1v) is 15.7. The van der Waals surface area contributed by atoms with Crippen molar-refractivity contribution >= 4 is 27.6 Å². The number of nitrogens with zero attached hydrogens (tertiary/aromatic N) is 4. The van der Waals surface area contributed by atoms with Crippen LogP contribution in [-0.2, 0) is 34.1 Å². The minimum absolute atomic E-state index is 0.0860. The minimum Gasteiger partial charge on any atom is -0.488 e. The topological polar surface area (TPSA) is 130 Å². The van der Waals surface area contributed by atoms with Crippen LogP contribution in [0, 0.1) is 29.1 Å². The monoisotopic (exact) mass is 730 g/mol. The number of halogens is 8. The van der Waals surface area contributed by atoms with Crippen LogP contribution in [0.3, 0.4) is 0 Å². The van der Waals surface area contributed by atoms with Crippen molar-refractivity contribution in [1.82, 2.24) is 14.3 Å². The van der Waals surface area contributed by atoms with Crippen LogP contribution in [0.5, 0.6) is 5.75 Å². The number of carbonyl (C=O) groups is 2. The summed E-state index contributed by atoms with van der Waals surface area (Å²) in [7, 11) is -6.02. The summed E-state index contributed by atoms with van der Waals surface area (Å²) in [6.45, 7) is -3.59. The summed E-state index contributed by atoms with van der Waals surface area (Å²) < 4.78 is 147. The summed E-state index contributed by atoms with van der Waals surface area (Å²) in [6.07, 6.45) is -1.86. The molecule has 1 N–H and O–H groups in total. The number of aromatic carboxylic acids is 1. The van der Waals surface area contributed by atoms with Gasteiger partial charge in [0.25, 0.3) is 0 Å². The van der Waals surface area contributed by atoms with E-state index >= 15 is 0 Å². The Morgan fingerprint density at radius 3 is 2.04 bits per heavy atom. The Balaban J connectivity index is 1.66. The highest BCUT2D eigenvalue weighted by atomic mass is 32.2. The molecule has 0 radical (unpaired) electrons. The molecule has 3 aromatic carbocycles. The van der Waals surface area contributed by atoms with E-state index in [9.17, 15) is 58.2 Å². The molecule has 0 aliphatic heterocycles.